The van der Waals surface area contributed by atoms with Crippen LogP contribution in [-0.4, -0.2) is 27.5 Å². The second-order valence-corrected chi connectivity index (χ2v) is 14.0. The Bertz CT molecular complexity index is 1590. The molecule has 0 saturated carbocycles. The molecule has 0 saturated heterocycles. The van der Waals surface area contributed by atoms with Gasteiger partial charge in [0.05, 0.1) is 12.5 Å². The zero-order valence-electron chi connectivity index (χ0n) is 24.6. The number of halogens is 2. The van der Waals surface area contributed by atoms with Crippen LogP contribution in [0.5, 0.6) is 5.75 Å². The zero-order chi connectivity index (χ0) is 30.7. The molecule has 0 atom stereocenters. The summed E-state index contributed by atoms with van der Waals surface area (Å²) in [6.45, 7) is 10.5. The van der Waals surface area contributed by atoms with Crippen LogP contribution in [0.4, 0.5) is 4.39 Å². The zero-order valence-corrected chi connectivity index (χ0v) is 26.2. The van der Waals surface area contributed by atoms with Gasteiger partial charge in [-0.05, 0) is 74.0 Å². The summed E-state index contributed by atoms with van der Waals surface area (Å²) in [5.74, 6) is -0.607. The minimum absolute atomic E-state index is 0.142. The van der Waals surface area contributed by atoms with Crippen molar-refractivity contribution in [3.8, 4) is 5.75 Å². The molecule has 6 nitrogen and oxygen atoms in total. The molecule has 1 heterocycles. The molecule has 0 fully saturated rings. The summed E-state index contributed by atoms with van der Waals surface area (Å²) in [6.07, 6.45) is 1.86. The van der Waals surface area contributed by atoms with Gasteiger partial charge in [0.2, 0.25) is 0 Å². The van der Waals surface area contributed by atoms with Crippen molar-refractivity contribution in [2.24, 2.45) is 5.41 Å². The number of nitrogens with one attached hydrogen (secondary N) is 1. The first-order valence-electron chi connectivity index (χ1n) is 13.5. The first kappa shape index (κ1) is 31.5. The molecule has 4 rings (SSSR count). The Morgan fingerprint density at radius 1 is 1.05 bits per heavy atom. The van der Waals surface area contributed by atoms with Gasteiger partial charge in [-0.3, -0.25) is 15.1 Å². The van der Waals surface area contributed by atoms with Crippen LogP contribution in [0, 0.1) is 11.2 Å². The molecule has 0 unspecified atom stereocenters. The van der Waals surface area contributed by atoms with Crippen LogP contribution in [0.1, 0.15) is 51.4 Å². The maximum atomic E-state index is 13.5. The van der Waals surface area contributed by atoms with Crippen LogP contribution in [-0.2, 0) is 22.6 Å². The number of rotatable bonds is 11. The number of hydrogen-bond donors (Lipinski definition) is 2. The highest BCUT2D eigenvalue weighted by Gasteiger charge is 2.32. The number of fused-ring (bicyclic) bond motifs is 1. The molecule has 1 aromatic heterocycles. The Balaban J connectivity index is 1.86. The summed E-state index contributed by atoms with van der Waals surface area (Å²) < 4.78 is 21.6. The average Bonchev–Trinajstić information content (AvgIpc) is 3.17. The fraction of sp³-hybridized carbons (Fsp3) is 0.303. The normalized spacial score (nSPS) is 12.5. The largest absolute Gasteiger partial charge is 0.481 e. The van der Waals surface area contributed by atoms with Gasteiger partial charge in [-0.2, -0.15) is 0 Å². The van der Waals surface area contributed by atoms with Crippen molar-refractivity contribution in [1.82, 2.24) is 10.0 Å². The van der Waals surface area contributed by atoms with Crippen LogP contribution < -0.4 is 10.2 Å². The van der Waals surface area contributed by atoms with Gasteiger partial charge in [-0.1, -0.05) is 44.5 Å². The lowest BCUT2D eigenvalue weighted by Crippen LogP contribution is -2.28. The summed E-state index contributed by atoms with van der Waals surface area (Å²) in [6, 6.07) is 19.5. The van der Waals surface area contributed by atoms with E-state index in [0.717, 1.165) is 27.1 Å². The monoisotopic (exact) mass is 610 g/mol. The van der Waals surface area contributed by atoms with E-state index in [0.29, 0.717) is 35.0 Å². The smallest absolute Gasteiger partial charge is 0.309 e. The summed E-state index contributed by atoms with van der Waals surface area (Å²) in [5.41, 5.74) is 5.98. The predicted molar refractivity (Wildman–Crippen MR) is 168 cm³/mol. The maximum absolute atomic E-state index is 13.5. The fourth-order valence-electron chi connectivity index (χ4n) is 4.49. The van der Waals surface area contributed by atoms with Gasteiger partial charge in [0, 0.05) is 49.8 Å². The van der Waals surface area contributed by atoms with Crippen molar-refractivity contribution >= 4 is 45.9 Å². The molecule has 0 aliphatic heterocycles. The van der Waals surface area contributed by atoms with Gasteiger partial charge in [-0.25, -0.2) is 4.39 Å². The van der Waals surface area contributed by atoms with Gasteiger partial charge in [-0.15, -0.1) is 11.8 Å². The van der Waals surface area contributed by atoms with Crippen LogP contribution in [0.15, 0.2) is 77.9 Å². The molecule has 222 valence electrons. The summed E-state index contributed by atoms with van der Waals surface area (Å²) >= 11 is 7.86. The molecule has 42 heavy (non-hydrogen) atoms. The van der Waals surface area contributed by atoms with Gasteiger partial charge in [0.25, 0.3) is 0 Å². The minimum Gasteiger partial charge on any atom is -0.481 e. The van der Waals surface area contributed by atoms with Crippen molar-refractivity contribution in [2.75, 3.05) is 7.11 Å². The number of ether oxygens (including phenoxy) is 1. The highest BCUT2D eigenvalue weighted by Crippen LogP contribution is 2.44. The number of benzene rings is 3. The molecule has 0 radical (unpaired) electrons. The number of hydrogen-bond acceptors (Lipinski definition) is 5. The number of aromatic nitrogens is 1. The van der Waals surface area contributed by atoms with Gasteiger partial charge >= 0.3 is 5.97 Å². The van der Waals surface area contributed by atoms with E-state index in [1.165, 1.54) is 25.5 Å². The fourth-order valence-corrected chi connectivity index (χ4v) is 5.80. The molecular weight excluding hydrogens is 575 g/mol. The van der Waals surface area contributed by atoms with Crippen LogP contribution in [0.3, 0.4) is 0 Å². The number of carbonyl (C=O) groups is 1. The van der Waals surface area contributed by atoms with E-state index in [1.807, 2.05) is 42.5 Å². The first-order valence-corrected chi connectivity index (χ1v) is 14.7. The van der Waals surface area contributed by atoms with Crippen LogP contribution in [0.2, 0.25) is 5.02 Å². The molecule has 0 spiro atoms. The van der Waals surface area contributed by atoms with Crippen molar-refractivity contribution in [2.45, 2.75) is 57.2 Å². The van der Waals surface area contributed by atoms with Crippen molar-refractivity contribution < 1.29 is 23.9 Å². The number of thioether (sulfide) groups is 1. The van der Waals surface area contributed by atoms with Crippen LogP contribution >= 0.6 is 23.4 Å². The molecule has 0 amide bonds. The topological polar surface area (TPSA) is 72.7 Å². The lowest BCUT2D eigenvalue weighted by molar-refractivity contribution is -0.146. The summed E-state index contributed by atoms with van der Waals surface area (Å²) in [7, 11) is 1.49. The average molecular weight is 611 g/mol. The van der Waals surface area contributed by atoms with E-state index in [-0.39, 0.29) is 10.6 Å². The van der Waals surface area contributed by atoms with Crippen molar-refractivity contribution in [3.05, 3.63) is 101 Å². The Kier molecular flexibility index (Phi) is 9.60. The number of aliphatic carboxylic acids is 1. The summed E-state index contributed by atoms with van der Waals surface area (Å²) in [5, 5.41) is 11.7. The molecule has 3 aromatic carbocycles. The number of nitrogens with zero attached hydrogens (tertiary/aromatic N) is 1. The molecule has 4 aromatic rings. The first-order chi connectivity index (χ1) is 19.8. The predicted octanol–water partition coefficient (Wildman–Crippen LogP) is 8.55. The van der Waals surface area contributed by atoms with E-state index < -0.39 is 11.4 Å². The third-order valence-corrected chi connectivity index (χ3v) is 8.15. The number of carboxylic acid groups (broad SMARTS) is 1. The minimum atomic E-state index is -0.989. The molecule has 0 aliphatic carbocycles. The molecule has 0 aliphatic rings. The van der Waals surface area contributed by atoms with E-state index in [4.69, 9.17) is 21.2 Å². The second kappa shape index (κ2) is 12.8. The summed E-state index contributed by atoms with van der Waals surface area (Å²) in [4.78, 5) is 18.4. The lowest BCUT2D eigenvalue weighted by Gasteiger charge is -2.24. The number of carboxylic acids is 1. The van der Waals surface area contributed by atoms with E-state index >= 15 is 0 Å². The van der Waals surface area contributed by atoms with Crippen LogP contribution in [0.25, 0.3) is 16.6 Å². The Morgan fingerprint density at radius 3 is 2.31 bits per heavy atom. The molecule has 2 N–H and O–H groups in total. The standard InChI is InChI=1S/C33H36ClFN2O4S/c1-32(2,3)42-30-26-17-25(41-20-27(36-40-6)22-9-13-24(35)14-10-22)15-16-28(26)37(19-21-7-11-23(34)12-8-21)29(30)18-33(4,5)31(38)39/h7-17,20,36H,18-19H2,1-6H3,(H,38,39). The molecule has 0 bridgehead atoms. The Labute approximate surface area is 255 Å². The van der Waals surface area contributed by atoms with E-state index in [2.05, 4.69) is 30.8 Å². The van der Waals surface area contributed by atoms with E-state index in [9.17, 15) is 14.3 Å². The highest BCUT2D eigenvalue weighted by atomic mass is 35.5. The maximum Gasteiger partial charge on any atom is 0.309 e. The van der Waals surface area contributed by atoms with Gasteiger partial charge < -0.3 is 14.4 Å². The number of hydroxylamine groups is 1. The molecule has 9 heteroatoms. The quantitative estimate of drug-likeness (QED) is 0.101. The van der Waals surface area contributed by atoms with Crippen molar-refractivity contribution in [3.63, 3.8) is 0 Å². The lowest BCUT2D eigenvalue weighted by atomic mass is 9.88. The van der Waals surface area contributed by atoms with E-state index in [1.54, 1.807) is 37.7 Å². The highest BCUT2D eigenvalue weighted by molar-refractivity contribution is 8.00. The van der Waals surface area contributed by atoms with Gasteiger partial charge in [0.1, 0.15) is 23.5 Å². The van der Waals surface area contributed by atoms with Crippen molar-refractivity contribution in [1.29, 1.82) is 0 Å². The Morgan fingerprint density at radius 2 is 1.71 bits per heavy atom. The SMILES string of the molecule is CONC(=COc1ccc2c(c1)c(SC(C)(C)C)c(CC(C)(C)C(=O)O)n2Cc1ccc(Cl)cc1)c1ccc(F)cc1. The van der Waals surface area contributed by atoms with Gasteiger partial charge in [0.15, 0.2) is 0 Å². The molecular formula is C33H36ClFN2O4S. The second-order valence-electron chi connectivity index (χ2n) is 11.7. The Hall–Kier alpha value is -3.46. The third-order valence-electron chi connectivity index (χ3n) is 6.62. The third kappa shape index (κ3) is 7.68.